The van der Waals surface area contributed by atoms with Crippen molar-refractivity contribution in [1.82, 2.24) is 0 Å². The molecule has 0 aliphatic rings. The Morgan fingerprint density at radius 3 is 2.56 bits per heavy atom. The molecule has 0 aliphatic heterocycles. The average molecular weight is 386 g/mol. The molecule has 3 aromatic carbocycles. The van der Waals surface area contributed by atoms with Gasteiger partial charge in [0.1, 0.15) is 12.4 Å². The van der Waals surface area contributed by atoms with Gasteiger partial charge in [-0.2, -0.15) is 0 Å². The number of rotatable bonds is 7. The summed E-state index contributed by atoms with van der Waals surface area (Å²) in [6.07, 6.45) is 0. The third kappa shape index (κ3) is 4.92. The lowest BCUT2D eigenvalue weighted by Crippen LogP contribution is -2.02. The fourth-order valence-electron chi connectivity index (χ4n) is 2.62. The van der Waals surface area contributed by atoms with Crippen LogP contribution in [0.4, 0.5) is 10.1 Å². The van der Waals surface area contributed by atoms with Crippen molar-refractivity contribution >= 4 is 17.3 Å². The Morgan fingerprint density at radius 2 is 1.81 bits per heavy atom. The molecule has 27 heavy (non-hydrogen) atoms. The minimum absolute atomic E-state index is 0.141. The molecule has 0 radical (unpaired) electrons. The van der Waals surface area contributed by atoms with E-state index in [0.29, 0.717) is 23.6 Å². The first-order chi connectivity index (χ1) is 13.1. The Bertz CT molecular complexity index is 930. The van der Waals surface area contributed by atoms with Gasteiger partial charge in [0.15, 0.2) is 11.5 Å². The van der Waals surface area contributed by atoms with Crippen LogP contribution < -0.4 is 14.8 Å². The first-order valence-corrected chi connectivity index (χ1v) is 8.98. The third-order valence-electron chi connectivity index (χ3n) is 4.24. The zero-order valence-electron chi connectivity index (χ0n) is 15.3. The van der Waals surface area contributed by atoms with Gasteiger partial charge in [0.05, 0.1) is 7.11 Å². The van der Waals surface area contributed by atoms with E-state index in [9.17, 15) is 4.39 Å². The van der Waals surface area contributed by atoms with Gasteiger partial charge in [-0.1, -0.05) is 41.9 Å². The molecule has 0 aromatic heterocycles. The SMILES string of the molecule is COc1cc(CNc2ccc(C)c(Cl)c2)ccc1OCc1ccccc1F. The molecule has 0 bridgehead atoms. The fraction of sp³-hybridized carbons (Fsp3) is 0.182. The quantitative estimate of drug-likeness (QED) is 0.542. The summed E-state index contributed by atoms with van der Waals surface area (Å²) in [7, 11) is 1.59. The second-order valence-electron chi connectivity index (χ2n) is 6.18. The van der Waals surface area contributed by atoms with E-state index in [-0.39, 0.29) is 12.4 Å². The largest absolute Gasteiger partial charge is 0.493 e. The standard InChI is InChI=1S/C22H21ClFNO2/c1-15-7-9-18(12-19(15)23)25-13-16-8-10-21(22(11-16)26-2)27-14-17-5-3-4-6-20(17)24/h3-12,25H,13-14H2,1-2H3. The van der Waals surface area contributed by atoms with Crippen molar-refractivity contribution in [2.24, 2.45) is 0 Å². The number of anilines is 1. The Labute approximate surface area is 163 Å². The van der Waals surface area contributed by atoms with Crippen molar-refractivity contribution < 1.29 is 13.9 Å². The van der Waals surface area contributed by atoms with E-state index in [1.807, 2.05) is 43.3 Å². The summed E-state index contributed by atoms with van der Waals surface area (Å²) < 4.78 is 24.9. The van der Waals surface area contributed by atoms with Gasteiger partial charge in [-0.15, -0.1) is 0 Å². The van der Waals surface area contributed by atoms with Gasteiger partial charge in [0.2, 0.25) is 0 Å². The first kappa shape index (κ1) is 19.1. The predicted octanol–water partition coefficient (Wildman–Crippen LogP) is 5.99. The maximum Gasteiger partial charge on any atom is 0.161 e. The van der Waals surface area contributed by atoms with Crippen LogP contribution in [0.15, 0.2) is 60.7 Å². The molecule has 3 rings (SSSR count). The molecule has 3 nitrogen and oxygen atoms in total. The smallest absolute Gasteiger partial charge is 0.161 e. The molecule has 1 N–H and O–H groups in total. The highest BCUT2D eigenvalue weighted by Gasteiger charge is 2.08. The highest BCUT2D eigenvalue weighted by atomic mass is 35.5. The van der Waals surface area contributed by atoms with Gasteiger partial charge in [-0.3, -0.25) is 0 Å². The Morgan fingerprint density at radius 1 is 1.00 bits per heavy atom. The van der Waals surface area contributed by atoms with Crippen LogP contribution in [0.1, 0.15) is 16.7 Å². The molecule has 0 saturated heterocycles. The van der Waals surface area contributed by atoms with Crippen molar-refractivity contribution in [2.45, 2.75) is 20.1 Å². The summed E-state index contributed by atoms with van der Waals surface area (Å²) in [6.45, 7) is 2.73. The molecule has 0 heterocycles. The minimum atomic E-state index is -0.283. The summed E-state index contributed by atoms with van der Waals surface area (Å²) in [6, 6.07) is 18.1. The maximum absolute atomic E-state index is 13.7. The van der Waals surface area contributed by atoms with E-state index in [0.717, 1.165) is 21.8 Å². The van der Waals surface area contributed by atoms with E-state index in [2.05, 4.69) is 5.32 Å². The molecule has 0 saturated carbocycles. The van der Waals surface area contributed by atoms with Crippen LogP contribution in [-0.2, 0) is 13.2 Å². The van der Waals surface area contributed by atoms with Crippen LogP contribution in [0.2, 0.25) is 5.02 Å². The molecular formula is C22H21ClFNO2. The number of ether oxygens (including phenoxy) is 2. The van der Waals surface area contributed by atoms with Crippen LogP contribution >= 0.6 is 11.6 Å². The number of aryl methyl sites for hydroxylation is 1. The first-order valence-electron chi connectivity index (χ1n) is 8.60. The molecule has 5 heteroatoms. The summed E-state index contributed by atoms with van der Waals surface area (Å²) in [4.78, 5) is 0. The number of methoxy groups -OCH3 is 1. The summed E-state index contributed by atoms with van der Waals surface area (Å²) in [5, 5.41) is 4.07. The minimum Gasteiger partial charge on any atom is -0.493 e. The summed E-state index contributed by atoms with van der Waals surface area (Å²) in [5.41, 5.74) is 3.52. The molecular weight excluding hydrogens is 365 g/mol. The highest BCUT2D eigenvalue weighted by Crippen LogP contribution is 2.29. The maximum atomic E-state index is 13.7. The van der Waals surface area contributed by atoms with Crippen molar-refractivity contribution in [2.75, 3.05) is 12.4 Å². The van der Waals surface area contributed by atoms with E-state index in [4.69, 9.17) is 21.1 Å². The number of hydrogen-bond donors (Lipinski definition) is 1. The Balaban J connectivity index is 1.66. The van der Waals surface area contributed by atoms with E-state index < -0.39 is 0 Å². The predicted molar refractivity (Wildman–Crippen MR) is 107 cm³/mol. The van der Waals surface area contributed by atoms with Gasteiger partial charge in [0, 0.05) is 22.8 Å². The van der Waals surface area contributed by atoms with Gasteiger partial charge >= 0.3 is 0 Å². The van der Waals surface area contributed by atoms with Gasteiger partial charge in [0.25, 0.3) is 0 Å². The van der Waals surface area contributed by atoms with E-state index in [1.165, 1.54) is 6.07 Å². The molecule has 0 spiro atoms. The van der Waals surface area contributed by atoms with Crippen molar-refractivity contribution in [1.29, 1.82) is 0 Å². The monoisotopic (exact) mass is 385 g/mol. The van der Waals surface area contributed by atoms with E-state index in [1.54, 1.807) is 25.3 Å². The average Bonchev–Trinajstić information content (AvgIpc) is 2.68. The second-order valence-corrected chi connectivity index (χ2v) is 6.59. The molecule has 0 atom stereocenters. The van der Waals surface area contributed by atoms with Gasteiger partial charge in [-0.05, 0) is 48.4 Å². The molecule has 0 amide bonds. The van der Waals surface area contributed by atoms with Crippen LogP contribution in [0.3, 0.4) is 0 Å². The number of hydrogen-bond acceptors (Lipinski definition) is 3. The van der Waals surface area contributed by atoms with Crippen LogP contribution in [0, 0.1) is 12.7 Å². The number of nitrogens with one attached hydrogen (secondary N) is 1. The summed E-state index contributed by atoms with van der Waals surface area (Å²) >= 11 is 6.16. The van der Waals surface area contributed by atoms with Crippen LogP contribution in [-0.4, -0.2) is 7.11 Å². The third-order valence-corrected chi connectivity index (χ3v) is 4.64. The normalized spacial score (nSPS) is 10.5. The zero-order chi connectivity index (χ0) is 19.2. The van der Waals surface area contributed by atoms with E-state index >= 15 is 0 Å². The highest BCUT2D eigenvalue weighted by molar-refractivity contribution is 6.31. The molecule has 140 valence electrons. The lowest BCUT2D eigenvalue weighted by Gasteiger charge is -2.13. The van der Waals surface area contributed by atoms with Crippen molar-refractivity contribution in [3.63, 3.8) is 0 Å². The van der Waals surface area contributed by atoms with Crippen molar-refractivity contribution in [3.8, 4) is 11.5 Å². The summed E-state index contributed by atoms with van der Waals surface area (Å²) in [5.74, 6) is 0.893. The number of halogens is 2. The topological polar surface area (TPSA) is 30.5 Å². The zero-order valence-corrected chi connectivity index (χ0v) is 16.0. The van der Waals surface area contributed by atoms with Gasteiger partial charge in [-0.25, -0.2) is 4.39 Å². The Hall–Kier alpha value is -2.72. The lowest BCUT2D eigenvalue weighted by molar-refractivity contribution is 0.279. The van der Waals surface area contributed by atoms with Crippen LogP contribution in [0.5, 0.6) is 11.5 Å². The molecule has 3 aromatic rings. The fourth-order valence-corrected chi connectivity index (χ4v) is 2.80. The van der Waals surface area contributed by atoms with Gasteiger partial charge < -0.3 is 14.8 Å². The Kier molecular flexibility index (Phi) is 6.20. The number of benzene rings is 3. The molecule has 0 aliphatic carbocycles. The second kappa shape index (κ2) is 8.78. The van der Waals surface area contributed by atoms with Crippen LogP contribution in [0.25, 0.3) is 0 Å². The van der Waals surface area contributed by atoms with Crippen molar-refractivity contribution in [3.05, 3.63) is 88.2 Å². The molecule has 0 fully saturated rings. The lowest BCUT2D eigenvalue weighted by atomic mass is 10.1. The molecule has 0 unspecified atom stereocenters.